The molecule has 6 nitrogen and oxygen atoms in total. The minimum atomic E-state index is -0.339. The van der Waals surface area contributed by atoms with Crippen molar-refractivity contribution in [1.29, 1.82) is 0 Å². The number of cyclic esters (lactones) is 2. The van der Waals surface area contributed by atoms with Crippen molar-refractivity contribution in [3.63, 3.8) is 0 Å². The summed E-state index contributed by atoms with van der Waals surface area (Å²) in [5, 5.41) is 0. The van der Waals surface area contributed by atoms with Crippen molar-refractivity contribution in [2.24, 2.45) is 0 Å². The maximum absolute atomic E-state index is 12.2. The first-order valence-corrected chi connectivity index (χ1v) is 10.1. The highest BCUT2D eigenvalue weighted by atomic mass is 35.5. The summed E-state index contributed by atoms with van der Waals surface area (Å²) in [6.07, 6.45) is 1.59. The van der Waals surface area contributed by atoms with Gasteiger partial charge in [-0.1, -0.05) is 11.6 Å². The third kappa shape index (κ3) is 4.04. The van der Waals surface area contributed by atoms with Gasteiger partial charge < -0.3 is 9.47 Å². The molecular formula is C19H19ClN2O4S. The Morgan fingerprint density at radius 1 is 1.04 bits per heavy atom. The largest absolute Gasteiger partial charge is 0.449 e. The lowest BCUT2D eigenvalue weighted by Gasteiger charge is -2.26. The van der Waals surface area contributed by atoms with Crippen LogP contribution in [0.5, 0.6) is 0 Å². The number of carbonyl (C=O) groups excluding carboxylic acids is 2. The minimum Gasteiger partial charge on any atom is -0.449 e. The molecule has 4 rings (SSSR count). The van der Waals surface area contributed by atoms with E-state index in [0.29, 0.717) is 19.7 Å². The highest BCUT2D eigenvalue weighted by molar-refractivity contribution is 7.16. The van der Waals surface area contributed by atoms with Crippen molar-refractivity contribution in [2.75, 3.05) is 29.5 Å². The molecule has 2 saturated heterocycles. The van der Waals surface area contributed by atoms with Gasteiger partial charge in [0, 0.05) is 22.8 Å². The van der Waals surface area contributed by atoms with E-state index in [9.17, 15) is 9.59 Å². The van der Waals surface area contributed by atoms with Gasteiger partial charge >= 0.3 is 12.2 Å². The maximum Gasteiger partial charge on any atom is 0.414 e. The van der Waals surface area contributed by atoms with E-state index in [1.165, 1.54) is 4.88 Å². The predicted molar refractivity (Wildman–Crippen MR) is 105 cm³/mol. The van der Waals surface area contributed by atoms with E-state index in [-0.39, 0.29) is 18.3 Å². The van der Waals surface area contributed by atoms with E-state index in [1.807, 2.05) is 36.4 Å². The number of hydrogen-bond acceptors (Lipinski definition) is 5. The van der Waals surface area contributed by atoms with Gasteiger partial charge in [-0.3, -0.25) is 9.80 Å². The van der Waals surface area contributed by atoms with Crippen LogP contribution in [0.1, 0.15) is 17.7 Å². The van der Waals surface area contributed by atoms with Gasteiger partial charge in [0.1, 0.15) is 6.10 Å². The summed E-state index contributed by atoms with van der Waals surface area (Å²) in [7, 11) is 0. The molecule has 1 unspecified atom stereocenters. The number of ether oxygens (including phenoxy) is 2. The summed E-state index contributed by atoms with van der Waals surface area (Å²) in [4.78, 5) is 28.5. The van der Waals surface area contributed by atoms with Crippen LogP contribution >= 0.6 is 22.9 Å². The van der Waals surface area contributed by atoms with E-state index in [4.69, 9.17) is 21.1 Å². The molecule has 0 saturated carbocycles. The highest BCUT2D eigenvalue weighted by Gasteiger charge is 2.32. The number of carbonyl (C=O) groups is 2. The molecule has 0 N–H and O–H groups in total. The quantitative estimate of drug-likeness (QED) is 0.721. The predicted octanol–water partition coefficient (Wildman–Crippen LogP) is 4.71. The fourth-order valence-electron chi connectivity index (χ4n) is 3.27. The third-order valence-electron chi connectivity index (χ3n) is 4.66. The molecule has 2 aliphatic heterocycles. The molecule has 1 atom stereocenters. The molecule has 142 valence electrons. The molecule has 0 aliphatic carbocycles. The third-order valence-corrected chi connectivity index (χ3v) is 5.95. The van der Waals surface area contributed by atoms with Crippen molar-refractivity contribution in [1.82, 2.24) is 0 Å². The van der Waals surface area contributed by atoms with Crippen LogP contribution in [-0.4, -0.2) is 38.0 Å². The van der Waals surface area contributed by atoms with Crippen LogP contribution < -0.4 is 9.80 Å². The summed E-state index contributed by atoms with van der Waals surface area (Å²) in [6, 6.07) is 11.2. The lowest BCUT2D eigenvalue weighted by atomic mass is 10.1. The molecule has 0 spiro atoms. The number of rotatable bonds is 5. The van der Waals surface area contributed by atoms with E-state index in [2.05, 4.69) is 0 Å². The molecule has 2 aliphatic rings. The van der Waals surface area contributed by atoms with Crippen molar-refractivity contribution in [3.8, 4) is 0 Å². The normalized spacial score (nSPS) is 20.0. The van der Waals surface area contributed by atoms with Crippen molar-refractivity contribution in [3.05, 3.63) is 45.6 Å². The number of anilines is 2. The first-order valence-electron chi connectivity index (χ1n) is 8.87. The highest BCUT2D eigenvalue weighted by Crippen LogP contribution is 2.28. The molecule has 1 aromatic carbocycles. The number of hydrogen-bond donors (Lipinski definition) is 0. The van der Waals surface area contributed by atoms with Gasteiger partial charge in [0.25, 0.3) is 0 Å². The van der Waals surface area contributed by atoms with Crippen LogP contribution in [0.25, 0.3) is 0 Å². The van der Waals surface area contributed by atoms with Crippen LogP contribution in [0.3, 0.4) is 0 Å². The summed E-state index contributed by atoms with van der Waals surface area (Å²) in [5.74, 6) is 0. The van der Waals surface area contributed by atoms with Gasteiger partial charge in [-0.15, -0.1) is 11.3 Å². The first kappa shape index (κ1) is 18.1. The zero-order valence-corrected chi connectivity index (χ0v) is 16.2. The topological polar surface area (TPSA) is 59.1 Å². The molecule has 0 radical (unpaired) electrons. The lowest BCUT2D eigenvalue weighted by Crippen LogP contribution is -2.37. The fourth-order valence-corrected chi connectivity index (χ4v) is 4.37. The van der Waals surface area contributed by atoms with Crippen LogP contribution in [0.15, 0.2) is 36.4 Å². The van der Waals surface area contributed by atoms with Crippen molar-refractivity contribution < 1.29 is 19.1 Å². The molecule has 0 bridgehead atoms. The minimum absolute atomic E-state index is 0.143. The molecule has 2 fully saturated rings. The van der Waals surface area contributed by atoms with Gasteiger partial charge in [-0.2, -0.15) is 0 Å². The van der Waals surface area contributed by atoms with Gasteiger partial charge in [0.2, 0.25) is 0 Å². The lowest BCUT2D eigenvalue weighted by molar-refractivity contribution is 0.137. The average molecular weight is 407 g/mol. The Morgan fingerprint density at radius 3 is 2.44 bits per heavy atom. The van der Waals surface area contributed by atoms with E-state index >= 15 is 0 Å². The first-order chi connectivity index (χ1) is 13.1. The second kappa shape index (κ2) is 7.78. The number of amides is 2. The van der Waals surface area contributed by atoms with Gasteiger partial charge in [0.15, 0.2) is 0 Å². The van der Waals surface area contributed by atoms with Crippen LogP contribution in [-0.2, 0) is 15.9 Å². The fraction of sp³-hybridized carbons (Fsp3) is 0.368. The Hall–Kier alpha value is -2.25. The Bertz CT molecular complexity index is 838. The van der Waals surface area contributed by atoms with Crippen molar-refractivity contribution in [2.45, 2.75) is 25.4 Å². The number of nitrogens with zero attached hydrogens (tertiary/aromatic N) is 2. The molecule has 1 aromatic heterocycles. The van der Waals surface area contributed by atoms with Crippen molar-refractivity contribution >= 4 is 46.5 Å². The molecule has 2 aromatic rings. The average Bonchev–Trinajstić information content (AvgIpc) is 3.26. The zero-order valence-electron chi connectivity index (χ0n) is 14.6. The Kier molecular flexibility index (Phi) is 5.22. The molecule has 27 heavy (non-hydrogen) atoms. The van der Waals surface area contributed by atoms with E-state index in [0.717, 1.165) is 35.0 Å². The maximum atomic E-state index is 12.2. The molecular weight excluding hydrogens is 388 g/mol. The monoisotopic (exact) mass is 406 g/mol. The SMILES string of the molecule is O=C1OCCCN1c1ccc(N2CC(CCc3ccc(Cl)s3)OC2=O)cc1. The number of aryl methyl sites for hydroxylation is 1. The van der Waals surface area contributed by atoms with Gasteiger partial charge in [-0.25, -0.2) is 9.59 Å². The second-order valence-electron chi connectivity index (χ2n) is 6.50. The number of benzene rings is 1. The standard InChI is InChI=1S/C19H19ClN2O4S/c20-17-9-8-16(27-17)7-6-15-12-22(19(24)26-15)14-4-2-13(3-5-14)21-10-1-11-25-18(21)23/h2-5,8-9,15H,1,6-7,10-12H2. The Morgan fingerprint density at radius 2 is 1.78 bits per heavy atom. The molecule has 2 amide bonds. The van der Waals surface area contributed by atoms with Crippen LogP contribution in [0.2, 0.25) is 4.34 Å². The van der Waals surface area contributed by atoms with Gasteiger partial charge in [0.05, 0.1) is 17.5 Å². The van der Waals surface area contributed by atoms with Gasteiger partial charge in [-0.05, 0) is 55.7 Å². The summed E-state index contributed by atoms with van der Waals surface area (Å²) >= 11 is 7.51. The Labute approximate surface area is 166 Å². The number of halogens is 1. The van der Waals surface area contributed by atoms with Crippen LogP contribution in [0.4, 0.5) is 21.0 Å². The summed E-state index contributed by atoms with van der Waals surface area (Å²) < 4.78 is 11.3. The zero-order chi connectivity index (χ0) is 18.8. The Balaban J connectivity index is 1.38. The summed E-state index contributed by atoms with van der Waals surface area (Å²) in [6.45, 7) is 1.62. The smallest absolute Gasteiger partial charge is 0.414 e. The van der Waals surface area contributed by atoms with E-state index in [1.54, 1.807) is 21.1 Å². The number of thiophene rings is 1. The summed E-state index contributed by atoms with van der Waals surface area (Å²) in [5.41, 5.74) is 1.53. The van der Waals surface area contributed by atoms with Crippen LogP contribution in [0, 0.1) is 0 Å². The second-order valence-corrected chi connectivity index (χ2v) is 8.30. The molecule has 3 heterocycles. The molecule has 8 heteroatoms. The van der Waals surface area contributed by atoms with E-state index < -0.39 is 0 Å².